The highest BCUT2D eigenvalue weighted by atomic mass is 19.1. The van der Waals surface area contributed by atoms with Crippen LogP contribution in [0.2, 0.25) is 0 Å². The molecule has 1 aliphatic heterocycles. The molecule has 0 aliphatic carbocycles. The highest BCUT2D eigenvalue weighted by molar-refractivity contribution is 6.07. The van der Waals surface area contributed by atoms with Crippen molar-refractivity contribution in [1.29, 1.82) is 0 Å². The molecule has 10 nitrogen and oxygen atoms in total. The van der Waals surface area contributed by atoms with Crippen LogP contribution < -0.4 is 11.1 Å². The Bertz CT molecular complexity index is 1660. The first-order chi connectivity index (χ1) is 18.4. The Hall–Kier alpha value is -4.58. The van der Waals surface area contributed by atoms with Crippen LogP contribution in [0, 0.1) is 11.6 Å². The van der Waals surface area contributed by atoms with Crippen LogP contribution in [0.1, 0.15) is 23.2 Å². The number of nitrogen functional groups attached to an aromatic ring is 1. The first kappa shape index (κ1) is 23.8. The third-order valence-corrected chi connectivity index (χ3v) is 6.78. The van der Waals surface area contributed by atoms with Gasteiger partial charge < -0.3 is 25.7 Å². The number of anilines is 3. The molecule has 0 radical (unpaired) electrons. The molecule has 1 fully saturated rings. The van der Waals surface area contributed by atoms with Crippen molar-refractivity contribution in [3.8, 4) is 11.1 Å². The number of aromatic nitrogens is 5. The van der Waals surface area contributed by atoms with E-state index in [0.717, 1.165) is 30.5 Å². The molecule has 4 N–H and O–H groups in total. The fourth-order valence-corrected chi connectivity index (χ4v) is 5.07. The van der Waals surface area contributed by atoms with E-state index in [9.17, 15) is 13.6 Å². The zero-order chi connectivity index (χ0) is 26.4. The number of carbonyl (C=O) groups is 1. The van der Waals surface area contributed by atoms with Crippen LogP contribution in [0.25, 0.3) is 27.7 Å². The second-order valence-electron chi connectivity index (χ2n) is 9.18. The predicted octanol–water partition coefficient (Wildman–Crippen LogP) is 4.13. The van der Waals surface area contributed by atoms with E-state index in [2.05, 4.69) is 25.4 Å². The number of methoxy groups -OCH3 is 1. The van der Waals surface area contributed by atoms with Gasteiger partial charge in [0.25, 0.3) is 5.91 Å². The van der Waals surface area contributed by atoms with E-state index < -0.39 is 11.6 Å². The Morgan fingerprint density at radius 3 is 2.87 bits per heavy atom. The largest absolute Gasteiger partial charge is 0.383 e. The predicted molar refractivity (Wildman–Crippen MR) is 138 cm³/mol. The summed E-state index contributed by atoms with van der Waals surface area (Å²) in [7, 11) is 1.63. The number of H-pyrrole nitrogens is 1. The average molecular weight is 519 g/mol. The van der Waals surface area contributed by atoms with Gasteiger partial charge in [-0.05, 0) is 30.5 Å². The summed E-state index contributed by atoms with van der Waals surface area (Å²) >= 11 is 0. The second kappa shape index (κ2) is 9.38. The lowest BCUT2D eigenvalue weighted by molar-refractivity contribution is 0.0631. The summed E-state index contributed by atoms with van der Waals surface area (Å²) in [5.74, 6) is -1.03. The van der Waals surface area contributed by atoms with Crippen LogP contribution in [-0.2, 0) is 4.74 Å². The van der Waals surface area contributed by atoms with Gasteiger partial charge in [0.1, 0.15) is 23.2 Å². The summed E-state index contributed by atoms with van der Waals surface area (Å²) in [6.45, 7) is 1.11. The lowest BCUT2D eigenvalue weighted by Crippen LogP contribution is -2.38. The highest BCUT2D eigenvalue weighted by Gasteiger charge is 2.32. The van der Waals surface area contributed by atoms with Crippen LogP contribution in [0.4, 0.5) is 26.2 Å². The molecule has 0 saturated carbocycles. The summed E-state index contributed by atoms with van der Waals surface area (Å²) in [6, 6.07) is 9.21. The van der Waals surface area contributed by atoms with E-state index in [-0.39, 0.29) is 34.7 Å². The molecule has 0 bridgehead atoms. The smallest absolute Gasteiger partial charge is 0.256 e. The molecule has 4 heterocycles. The standard InChI is InChI=1S/C26H24F2N8O2/c1-38-12-17-3-2-8-35(17)25(37)18-11-36-23(24(29)30-13-31-36)21(18)14-4-6-16(7-5-14)32-26-33-20-10-15(27)9-19(28)22(20)34-26/h4-7,9-11,13,17H,2-3,8,12H2,1H3,(H2,29,30,31)(H2,32,33,34). The van der Waals surface area contributed by atoms with Gasteiger partial charge in [0.05, 0.1) is 23.7 Å². The molecular weight excluding hydrogens is 494 g/mol. The molecule has 0 spiro atoms. The highest BCUT2D eigenvalue weighted by Crippen LogP contribution is 2.35. The van der Waals surface area contributed by atoms with Crippen molar-refractivity contribution in [3.05, 3.63) is 66.1 Å². The van der Waals surface area contributed by atoms with Gasteiger partial charge in [-0.1, -0.05) is 12.1 Å². The maximum absolute atomic E-state index is 14.1. The monoisotopic (exact) mass is 518 g/mol. The van der Waals surface area contributed by atoms with Gasteiger partial charge in [-0.25, -0.2) is 23.3 Å². The van der Waals surface area contributed by atoms with Gasteiger partial charge in [-0.2, -0.15) is 5.10 Å². The van der Waals surface area contributed by atoms with Crippen molar-refractivity contribution in [3.63, 3.8) is 0 Å². The number of benzene rings is 2. The number of ether oxygens (including phenoxy) is 1. The number of nitrogens with one attached hydrogen (secondary N) is 2. The first-order valence-corrected chi connectivity index (χ1v) is 12.1. The van der Waals surface area contributed by atoms with Gasteiger partial charge in [-0.15, -0.1) is 0 Å². The minimum atomic E-state index is -0.723. The Morgan fingerprint density at radius 1 is 1.26 bits per heavy atom. The number of halogens is 2. The summed E-state index contributed by atoms with van der Waals surface area (Å²) in [6.07, 6.45) is 4.81. The molecular formula is C26H24F2N8O2. The quantitative estimate of drug-likeness (QED) is 0.309. The van der Waals surface area contributed by atoms with Crippen LogP contribution in [0.3, 0.4) is 0 Å². The van der Waals surface area contributed by atoms with Crippen molar-refractivity contribution < 1.29 is 18.3 Å². The van der Waals surface area contributed by atoms with Gasteiger partial charge in [-0.3, -0.25) is 4.79 Å². The van der Waals surface area contributed by atoms with E-state index in [1.165, 1.54) is 6.33 Å². The second-order valence-corrected chi connectivity index (χ2v) is 9.18. The minimum Gasteiger partial charge on any atom is -0.383 e. The molecule has 1 unspecified atom stereocenters. The van der Waals surface area contributed by atoms with Gasteiger partial charge in [0, 0.05) is 43.2 Å². The van der Waals surface area contributed by atoms with Gasteiger partial charge >= 0.3 is 0 Å². The fraction of sp³-hybridized carbons (Fsp3) is 0.231. The van der Waals surface area contributed by atoms with Gasteiger partial charge in [0.2, 0.25) is 5.95 Å². The molecule has 38 heavy (non-hydrogen) atoms. The normalized spacial score (nSPS) is 15.6. The summed E-state index contributed by atoms with van der Waals surface area (Å²) in [5.41, 5.74) is 9.53. The fourth-order valence-electron chi connectivity index (χ4n) is 5.07. The Kier molecular flexibility index (Phi) is 5.87. The number of likely N-dealkylation sites (tertiary alicyclic amines) is 1. The zero-order valence-corrected chi connectivity index (χ0v) is 20.4. The van der Waals surface area contributed by atoms with E-state index in [0.29, 0.717) is 35.5 Å². The zero-order valence-electron chi connectivity index (χ0n) is 20.4. The molecule has 12 heteroatoms. The molecule has 3 aromatic heterocycles. The number of aromatic amines is 1. The van der Waals surface area contributed by atoms with Crippen LogP contribution in [0.5, 0.6) is 0 Å². The van der Waals surface area contributed by atoms with E-state index in [1.54, 1.807) is 30.0 Å². The number of carbonyl (C=O) groups excluding carboxylic acids is 1. The molecule has 1 atom stereocenters. The van der Waals surface area contributed by atoms with Crippen LogP contribution in [-0.4, -0.2) is 61.7 Å². The Labute approximate surface area is 215 Å². The maximum Gasteiger partial charge on any atom is 0.256 e. The summed E-state index contributed by atoms with van der Waals surface area (Å²) in [4.78, 5) is 26.7. The van der Waals surface area contributed by atoms with Crippen LogP contribution in [0.15, 0.2) is 48.9 Å². The SMILES string of the molecule is COCC1CCCN1C(=O)c1cn2ncnc(N)c2c1-c1ccc(Nc2nc3cc(F)cc(F)c3[nH]2)cc1. The number of nitrogens with zero attached hydrogens (tertiary/aromatic N) is 5. The number of imidazole rings is 1. The lowest BCUT2D eigenvalue weighted by atomic mass is 10.0. The molecule has 1 amide bonds. The molecule has 1 saturated heterocycles. The van der Waals surface area contributed by atoms with E-state index in [1.807, 2.05) is 17.0 Å². The minimum absolute atomic E-state index is 0.000454. The lowest BCUT2D eigenvalue weighted by Gasteiger charge is -2.24. The Balaban J connectivity index is 1.36. The summed E-state index contributed by atoms with van der Waals surface area (Å²) in [5, 5.41) is 7.33. The molecule has 194 valence electrons. The van der Waals surface area contributed by atoms with E-state index >= 15 is 0 Å². The van der Waals surface area contributed by atoms with Crippen molar-refractivity contribution in [2.75, 3.05) is 31.3 Å². The average Bonchev–Trinajstić information content (AvgIpc) is 3.62. The number of hydrogen-bond donors (Lipinski definition) is 3. The number of amides is 1. The number of rotatable bonds is 6. The van der Waals surface area contributed by atoms with Gasteiger partial charge in [0.15, 0.2) is 11.6 Å². The van der Waals surface area contributed by atoms with Crippen molar-refractivity contribution in [2.24, 2.45) is 0 Å². The number of fused-ring (bicyclic) bond motifs is 2. The maximum atomic E-state index is 14.1. The van der Waals surface area contributed by atoms with Crippen molar-refractivity contribution in [2.45, 2.75) is 18.9 Å². The molecule has 1 aliphatic rings. The van der Waals surface area contributed by atoms with Crippen molar-refractivity contribution in [1.82, 2.24) is 29.5 Å². The summed E-state index contributed by atoms with van der Waals surface area (Å²) < 4.78 is 34.5. The molecule has 6 rings (SSSR count). The third kappa shape index (κ3) is 4.08. The number of hydrogen-bond acceptors (Lipinski definition) is 7. The Morgan fingerprint density at radius 2 is 2.08 bits per heavy atom. The molecule has 5 aromatic rings. The van der Waals surface area contributed by atoms with Crippen molar-refractivity contribution >= 4 is 39.9 Å². The van der Waals surface area contributed by atoms with E-state index in [4.69, 9.17) is 10.5 Å². The third-order valence-electron chi connectivity index (χ3n) is 6.78. The first-order valence-electron chi connectivity index (χ1n) is 12.1. The molecule has 2 aromatic carbocycles. The number of nitrogens with two attached hydrogens (primary N) is 1. The van der Waals surface area contributed by atoms with Crippen LogP contribution >= 0.6 is 0 Å². The topological polar surface area (TPSA) is 126 Å².